The lowest BCUT2D eigenvalue weighted by Gasteiger charge is -2.27. The van der Waals surface area contributed by atoms with E-state index in [-0.39, 0.29) is 12.5 Å². The van der Waals surface area contributed by atoms with Crippen molar-refractivity contribution in [2.45, 2.75) is 6.54 Å². The minimum atomic E-state index is -0.239. The van der Waals surface area contributed by atoms with Gasteiger partial charge in [0, 0.05) is 37.0 Å². The van der Waals surface area contributed by atoms with Crippen LogP contribution in [0.3, 0.4) is 0 Å². The van der Waals surface area contributed by atoms with Crippen LogP contribution in [0, 0.1) is 0 Å². The van der Waals surface area contributed by atoms with E-state index >= 15 is 0 Å². The first kappa shape index (κ1) is 18.9. The van der Waals surface area contributed by atoms with Gasteiger partial charge < -0.3 is 24.4 Å². The van der Waals surface area contributed by atoms with E-state index in [4.69, 9.17) is 14.2 Å². The van der Waals surface area contributed by atoms with E-state index in [1.807, 2.05) is 0 Å². The van der Waals surface area contributed by atoms with E-state index in [1.54, 1.807) is 43.3 Å². The number of morpholine rings is 1. The van der Waals surface area contributed by atoms with Crippen molar-refractivity contribution in [3.63, 3.8) is 0 Å². The van der Waals surface area contributed by atoms with Crippen molar-refractivity contribution in [2.75, 3.05) is 50.7 Å². The van der Waals surface area contributed by atoms with E-state index in [9.17, 15) is 4.79 Å². The summed E-state index contributed by atoms with van der Waals surface area (Å²) in [4.78, 5) is 23.5. The highest BCUT2D eigenvalue weighted by molar-refractivity contribution is 5.93. The van der Waals surface area contributed by atoms with Crippen LogP contribution in [0.15, 0.2) is 30.7 Å². The van der Waals surface area contributed by atoms with Gasteiger partial charge in [0.25, 0.3) is 0 Å². The Bertz CT molecular complexity index is 993. The number of nitrogens with one attached hydrogen (secondary N) is 1. The van der Waals surface area contributed by atoms with Crippen molar-refractivity contribution >= 4 is 28.4 Å². The largest absolute Gasteiger partial charge is 0.497 e. The quantitative estimate of drug-likeness (QED) is 0.663. The highest BCUT2D eigenvalue weighted by Gasteiger charge is 2.19. The van der Waals surface area contributed by atoms with Crippen LogP contribution in [0.4, 0.5) is 11.5 Å². The Balaban J connectivity index is 1.53. The number of hydrogen-bond acceptors (Lipinski definition) is 8. The first-order valence-corrected chi connectivity index (χ1v) is 9.20. The molecular weight excluding hydrogens is 376 g/mol. The average molecular weight is 398 g/mol. The molecule has 29 heavy (non-hydrogen) atoms. The summed E-state index contributed by atoms with van der Waals surface area (Å²) in [7, 11) is 3.12. The third-order valence-corrected chi connectivity index (χ3v) is 4.65. The Morgan fingerprint density at radius 2 is 1.86 bits per heavy atom. The number of amides is 1. The third kappa shape index (κ3) is 4.06. The van der Waals surface area contributed by atoms with Crippen LogP contribution < -0.4 is 19.7 Å². The lowest BCUT2D eigenvalue weighted by atomic mass is 10.2. The van der Waals surface area contributed by atoms with E-state index in [0.717, 1.165) is 24.3 Å². The maximum atomic E-state index is 12.6. The molecule has 3 heterocycles. The van der Waals surface area contributed by atoms with Crippen LogP contribution in [-0.4, -0.2) is 66.2 Å². The Morgan fingerprint density at radius 1 is 1.14 bits per heavy atom. The van der Waals surface area contributed by atoms with E-state index < -0.39 is 0 Å². The zero-order valence-electron chi connectivity index (χ0n) is 16.3. The van der Waals surface area contributed by atoms with Crippen molar-refractivity contribution in [2.24, 2.45) is 0 Å². The number of hydrogen-bond donors (Lipinski definition) is 1. The number of methoxy groups -OCH3 is 2. The Morgan fingerprint density at radius 3 is 2.55 bits per heavy atom. The molecule has 3 aromatic rings. The molecule has 0 radical (unpaired) electrons. The van der Waals surface area contributed by atoms with E-state index in [2.05, 4.69) is 25.3 Å². The summed E-state index contributed by atoms with van der Waals surface area (Å²) in [5.74, 6) is 1.75. The van der Waals surface area contributed by atoms with Gasteiger partial charge in [0.15, 0.2) is 5.65 Å². The highest BCUT2D eigenvalue weighted by Crippen LogP contribution is 2.26. The summed E-state index contributed by atoms with van der Waals surface area (Å²) in [5.41, 5.74) is 1.19. The second-order valence-corrected chi connectivity index (χ2v) is 6.49. The van der Waals surface area contributed by atoms with Crippen LogP contribution in [-0.2, 0) is 16.1 Å². The molecule has 1 N–H and O–H groups in total. The number of anilines is 2. The molecule has 0 bridgehead atoms. The number of carbonyl (C=O) groups is 1. The Labute approximate surface area is 167 Å². The van der Waals surface area contributed by atoms with Gasteiger partial charge in [0.1, 0.15) is 30.2 Å². The lowest BCUT2D eigenvalue weighted by Crippen LogP contribution is -2.36. The second kappa shape index (κ2) is 8.31. The van der Waals surface area contributed by atoms with Crippen molar-refractivity contribution < 1.29 is 19.0 Å². The zero-order valence-corrected chi connectivity index (χ0v) is 16.3. The SMILES string of the molecule is COc1cc(NC(=O)Cn2ncc3c(N4CCOCC4)ncnc32)cc(OC)c1. The predicted octanol–water partition coefficient (Wildman–Crippen LogP) is 1.32. The van der Waals surface area contributed by atoms with Crippen LogP contribution in [0.5, 0.6) is 11.5 Å². The molecule has 152 valence electrons. The minimum absolute atomic E-state index is 0.0165. The standard InChI is InChI=1S/C19H22N6O4/c1-27-14-7-13(8-15(9-14)28-2)23-17(26)11-25-19-16(10-22-25)18(20-12-21-19)24-3-5-29-6-4-24/h7-10,12H,3-6,11H2,1-2H3,(H,23,26). The third-order valence-electron chi connectivity index (χ3n) is 4.65. The Kier molecular flexibility index (Phi) is 5.43. The van der Waals surface area contributed by atoms with Crippen LogP contribution in [0.25, 0.3) is 11.0 Å². The molecule has 0 saturated carbocycles. The molecule has 2 aromatic heterocycles. The van der Waals surface area contributed by atoms with Gasteiger partial charge in [-0.05, 0) is 0 Å². The molecule has 0 atom stereocenters. The maximum Gasteiger partial charge on any atom is 0.246 e. The van der Waals surface area contributed by atoms with Crippen molar-refractivity contribution in [1.29, 1.82) is 0 Å². The molecule has 1 aliphatic rings. The summed E-state index contributed by atoms with van der Waals surface area (Å²) < 4.78 is 17.4. The highest BCUT2D eigenvalue weighted by atomic mass is 16.5. The van der Waals surface area contributed by atoms with Gasteiger partial charge in [-0.3, -0.25) is 4.79 Å². The molecule has 0 unspecified atom stereocenters. The number of fused-ring (bicyclic) bond motifs is 1. The molecule has 1 amide bonds. The lowest BCUT2D eigenvalue weighted by molar-refractivity contribution is -0.116. The normalized spacial score (nSPS) is 14.1. The number of benzene rings is 1. The number of ether oxygens (including phenoxy) is 3. The molecule has 1 fully saturated rings. The van der Waals surface area contributed by atoms with Gasteiger partial charge in [0.05, 0.1) is 39.0 Å². The summed E-state index contributed by atoms with van der Waals surface area (Å²) in [6, 6.07) is 5.18. The summed E-state index contributed by atoms with van der Waals surface area (Å²) in [5, 5.41) is 8.00. The molecule has 10 heteroatoms. The number of carbonyl (C=O) groups excluding carboxylic acids is 1. The fourth-order valence-corrected chi connectivity index (χ4v) is 3.24. The second-order valence-electron chi connectivity index (χ2n) is 6.49. The van der Waals surface area contributed by atoms with Gasteiger partial charge in [-0.15, -0.1) is 0 Å². The first-order valence-electron chi connectivity index (χ1n) is 9.20. The number of rotatable bonds is 6. The van der Waals surface area contributed by atoms with Crippen LogP contribution >= 0.6 is 0 Å². The molecule has 4 rings (SSSR count). The molecule has 1 aliphatic heterocycles. The fraction of sp³-hybridized carbons (Fsp3) is 0.368. The van der Waals surface area contributed by atoms with Gasteiger partial charge >= 0.3 is 0 Å². The summed E-state index contributed by atoms with van der Waals surface area (Å²) >= 11 is 0. The average Bonchev–Trinajstić information content (AvgIpc) is 3.16. The monoisotopic (exact) mass is 398 g/mol. The van der Waals surface area contributed by atoms with E-state index in [0.29, 0.717) is 36.0 Å². The van der Waals surface area contributed by atoms with Crippen LogP contribution in [0.1, 0.15) is 0 Å². The number of aromatic nitrogens is 4. The molecule has 1 aromatic carbocycles. The molecule has 1 saturated heterocycles. The Hall–Kier alpha value is -3.40. The van der Waals surface area contributed by atoms with Gasteiger partial charge in [-0.25, -0.2) is 14.6 Å². The molecule has 0 spiro atoms. The van der Waals surface area contributed by atoms with Crippen molar-refractivity contribution in [3.8, 4) is 11.5 Å². The fourth-order valence-electron chi connectivity index (χ4n) is 3.24. The van der Waals surface area contributed by atoms with Gasteiger partial charge in [-0.1, -0.05) is 0 Å². The van der Waals surface area contributed by atoms with Crippen LogP contribution in [0.2, 0.25) is 0 Å². The minimum Gasteiger partial charge on any atom is -0.497 e. The van der Waals surface area contributed by atoms with Gasteiger partial charge in [-0.2, -0.15) is 5.10 Å². The maximum absolute atomic E-state index is 12.6. The van der Waals surface area contributed by atoms with Gasteiger partial charge in [0.2, 0.25) is 5.91 Å². The molecule has 10 nitrogen and oxygen atoms in total. The van der Waals surface area contributed by atoms with E-state index in [1.165, 1.54) is 6.33 Å². The van der Waals surface area contributed by atoms with Crippen molar-refractivity contribution in [3.05, 3.63) is 30.7 Å². The molecule has 0 aliphatic carbocycles. The topological polar surface area (TPSA) is 104 Å². The zero-order chi connectivity index (χ0) is 20.2. The predicted molar refractivity (Wildman–Crippen MR) is 107 cm³/mol. The number of nitrogens with zero attached hydrogens (tertiary/aromatic N) is 5. The van der Waals surface area contributed by atoms with Crippen molar-refractivity contribution in [1.82, 2.24) is 19.7 Å². The molecular formula is C19H22N6O4. The smallest absolute Gasteiger partial charge is 0.246 e. The summed E-state index contributed by atoms with van der Waals surface area (Å²) in [6.45, 7) is 2.85. The first-order chi connectivity index (χ1) is 14.2. The summed E-state index contributed by atoms with van der Waals surface area (Å²) in [6.07, 6.45) is 3.19.